The lowest BCUT2D eigenvalue weighted by atomic mass is 10.1. The molecule has 1 N–H and O–H groups in total. The Bertz CT molecular complexity index is 851. The molecule has 0 spiro atoms. The van der Waals surface area contributed by atoms with Crippen LogP contribution in [-0.4, -0.2) is 17.8 Å². The van der Waals surface area contributed by atoms with Gasteiger partial charge in [-0.3, -0.25) is 14.9 Å². The second kappa shape index (κ2) is 6.55. The Labute approximate surface area is 142 Å². The molecule has 1 aromatic heterocycles. The number of hydrogen-bond acceptors (Lipinski definition) is 4. The first-order valence-corrected chi connectivity index (χ1v) is 7.31. The van der Waals surface area contributed by atoms with Gasteiger partial charge in [-0.15, -0.1) is 0 Å². The third kappa shape index (κ3) is 3.13. The third-order valence-corrected chi connectivity index (χ3v) is 3.51. The van der Waals surface area contributed by atoms with Gasteiger partial charge >= 0.3 is 6.03 Å². The van der Waals surface area contributed by atoms with Crippen molar-refractivity contribution >= 4 is 41.2 Å². The Hall–Kier alpha value is -3.12. The van der Waals surface area contributed by atoms with E-state index in [2.05, 4.69) is 5.32 Å². The second-order valence-electron chi connectivity index (χ2n) is 4.83. The van der Waals surface area contributed by atoms with Crippen LogP contribution in [0.25, 0.3) is 6.08 Å². The van der Waals surface area contributed by atoms with Crippen LogP contribution in [0, 0.1) is 0 Å². The lowest BCUT2D eigenvalue weighted by Gasteiger charge is -2.26. The van der Waals surface area contributed by atoms with Gasteiger partial charge in [0, 0.05) is 5.02 Å². The molecule has 2 aromatic rings. The molecule has 2 heterocycles. The van der Waals surface area contributed by atoms with Gasteiger partial charge in [-0.05, 0) is 48.6 Å². The molecule has 0 unspecified atom stereocenters. The summed E-state index contributed by atoms with van der Waals surface area (Å²) in [6.45, 7) is 0. The minimum Gasteiger partial charge on any atom is -0.465 e. The first-order chi connectivity index (χ1) is 11.6. The highest BCUT2D eigenvalue weighted by Crippen LogP contribution is 2.22. The molecule has 0 atom stereocenters. The van der Waals surface area contributed by atoms with Gasteiger partial charge < -0.3 is 4.42 Å². The number of benzene rings is 1. The quantitative estimate of drug-likeness (QED) is 0.686. The highest BCUT2D eigenvalue weighted by molar-refractivity contribution is 6.37. The number of carbonyl (C=O) groups excluding carboxylic acids is 3. The first-order valence-electron chi connectivity index (χ1n) is 6.93. The van der Waals surface area contributed by atoms with E-state index in [4.69, 9.17) is 16.0 Å². The van der Waals surface area contributed by atoms with Crippen LogP contribution in [0.1, 0.15) is 5.76 Å². The molecule has 1 aromatic carbocycles. The number of barbiturate groups is 1. The zero-order valence-electron chi connectivity index (χ0n) is 12.2. The number of carbonyl (C=O) groups is 3. The number of hydrogen-bond donors (Lipinski definition) is 1. The SMILES string of the molecule is O=C1NC(=O)N(c2ccc(Cl)cc2)C(=O)C1=CC=Cc1ccco1. The monoisotopic (exact) mass is 342 g/mol. The van der Waals surface area contributed by atoms with Crippen LogP contribution in [0.15, 0.2) is 64.8 Å². The number of nitrogens with one attached hydrogen (secondary N) is 1. The van der Waals surface area contributed by atoms with E-state index in [-0.39, 0.29) is 5.57 Å². The van der Waals surface area contributed by atoms with Crippen molar-refractivity contribution in [3.05, 3.63) is 71.2 Å². The maximum Gasteiger partial charge on any atom is 0.335 e. The second-order valence-corrected chi connectivity index (χ2v) is 5.27. The number of urea groups is 1. The predicted molar refractivity (Wildman–Crippen MR) is 88.3 cm³/mol. The number of halogens is 1. The normalized spacial score (nSPS) is 17.0. The highest BCUT2D eigenvalue weighted by Gasteiger charge is 2.36. The summed E-state index contributed by atoms with van der Waals surface area (Å²) in [6, 6.07) is 8.77. The van der Waals surface area contributed by atoms with Gasteiger partial charge in [-0.25, -0.2) is 9.69 Å². The number of imide groups is 2. The molecular weight excluding hydrogens is 332 g/mol. The van der Waals surface area contributed by atoms with Gasteiger partial charge in [0.2, 0.25) is 0 Å². The Morgan fingerprint density at radius 1 is 1.08 bits per heavy atom. The fourth-order valence-corrected chi connectivity index (χ4v) is 2.25. The van der Waals surface area contributed by atoms with Crippen molar-refractivity contribution in [3.8, 4) is 0 Å². The molecule has 4 amide bonds. The summed E-state index contributed by atoms with van der Waals surface area (Å²) in [7, 11) is 0. The van der Waals surface area contributed by atoms with Crippen molar-refractivity contribution in [3.63, 3.8) is 0 Å². The van der Waals surface area contributed by atoms with Gasteiger partial charge in [0.05, 0.1) is 12.0 Å². The Kier molecular flexibility index (Phi) is 4.31. The van der Waals surface area contributed by atoms with Gasteiger partial charge in [-0.2, -0.15) is 0 Å². The van der Waals surface area contributed by atoms with Crippen molar-refractivity contribution in [2.75, 3.05) is 4.90 Å². The first kappa shape index (κ1) is 15.8. The molecule has 120 valence electrons. The molecule has 24 heavy (non-hydrogen) atoms. The van der Waals surface area contributed by atoms with E-state index in [1.54, 1.807) is 30.3 Å². The minimum absolute atomic E-state index is 0.160. The number of rotatable bonds is 3. The summed E-state index contributed by atoms with van der Waals surface area (Å²) in [4.78, 5) is 37.3. The summed E-state index contributed by atoms with van der Waals surface area (Å²) >= 11 is 5.81. The molecule has 0 aliphatic carbocycles. The zero-order chi connectivity index (χ0) is 17.1. The molecule has 1 saturated heterocycles. The summed E-state index contributed by atoms with van der Waals surface area (Å²) in [5.41, 5.74) is 0.155. The van der Waals surface area contributed by atoms with Crippen molar-refractivity contribution in [1.29, 1.82) is 0 Å². The average Bonchev–Trinajstić information content (AvgIpc) is 3.05. The van der Waals surface area contributed by atoms with Gasteiger partial charge in [0.1, 0.15) is 11.3 Å². The average molecular weight is 343 g/mol. The molecule has 1 aliphatic rings. The van der Waals surface area contributed by atoms with Crippen LogP contribution >= 0.6 is 11.6 Å². The molecule has 0 radical (unpaired) electrons. The van der Waals surface area contributed by atoms with Crippen molar-refractivity contribution in [2.24, 2.45) is 0 Å². The molecule has 6 nitrogen and oxygen atoms in total. The van der Waals surface area contributed by atoms with Crippen molar-refractivity contribution < 1.29 is 18.8 Å². The molecule has 0 bridgehead atoms. The summed E-state index contributed by atoms with van der Waals surface area (Å²) in [5.74, 6) is -0.893. The number of furan rings is 1. The number of nitrogens with zero attached hydrogens (tertiary/aromatic N) is 1. The minimum atomic E-state index is -0.806. The van der Waals surface area contributed by atoms with Crippen LogP contribution in [-0.2, 0) is 9.59 Å². The fraction of sp³-hybridized carbons (Fsp3) is 0. The van der Waals surface area contributed by atoms with Crippen LogP contribution in [0.3, 0.4) is 0 Å². The zero-order valence-corrected chi connectivity index (χ0v) is 13.0. The standard InChI is InChI=1S/C17H11ClN2O4/c18-11-6-8-12(9-7-11)20-16(22)14(15(21)19-17(20)23)5-1-3-13-4-2-10-24-13/h1-10H,(H,19,21,23). The van der Waals surface area contributed by atoms with E-state index in [1.165, 1.54) is 30.5 Å². The maximum absolute atomic E-state index is 12.5. The van der Waals surface area contributed by atoms with Crippen molar-refractivity contribution in [2.45, 2.75) is 0 Å². The van der Waals surface area contributed by atoms with Gasteiger partial charge in [0.15, 0.2) is 0 Å². The topological polar surface area (TPSA) is 79.6 Å². The van der Waals surface area contributed by atoms with Crippen LogP contribution in [0.4, 0.5) is 10.5 Å². The Morgan fingerprint density at radius 2 is 1.83 bits per heavy atom. The summed E-state index contributed by atoms with van der Waals surface area (Å²) in [5, 5.41) is 2.60. The molecule has 0 saturated carbocycles. The molecule has 1 fully saturated rings. The number of anilines is 1. The summed E-state index contributed by atoms with van der Waals surface area (Å²) < 4.78 is 5.12. The van der Waals surface area contributed by atoms with E-state index in [9.17, 15) is 14.4 Å². The van der Waals surface area contributed by atoms with E-state index in [0.717, 1.165) is 4.90 Å². The molecule has 3 rings (SSSR count). The van der Waals surface area contributed by atoms with Gasteiger partial charge in [0.25, 0.3) is 11.8 Å². The summed E-state index contributed by atoms with van der Waals surface area (Å²) in [6.07, 6.45) is 5.93. The largest absolute Gasteiger partial charge is 0.465 e. The fourth-order valence-electron chi connectivity index (χ4n) is 2.13. The molecular formula is C17H11ClN2O4. The third-order valence-electron chi connectivity index (χ3n) is 3.25. The van der Waals surface area contributed by atoms with Gasteiger partial charge in [-0.1, -0.05) is 17.7 Å². The van der Waals surface area contributed by atoms with E-state index >= 15 is 0 Å². The predicted octanol–water partition coefficient (Wildman–Crippen LogP) is 3.16. The lowest BCUT2D eigenvalue weighted by molar-refractivity contribution is -0.122. The van der Waals surface area contributed by atoms with E-state index < -0.39 is 17.8 Å². The number of amides is 4. The Balaban J connectivity index is 1.89. The molecule has 7 heteroatoms. The van der Waals surface area contributed by atoms with Crippen molar-refractivity contribution in [1.82, 2.24) is 5.32 Å². The Morgan fingerprint density at radius 3 is 2.50 bits per heavy atom. The van der Waals surface area contributed by atoms with E-state index in [0.29, 0.717) is 16.5 Å². The van der Waals surface area contributed by atoms with Crippen LogP contribution < -0.4 is 10.2 Å². The molecule has 1 aliphatic heterocycles. The van der Waals surface area contributed by atoms with Crippen LogP contribution in [0.2, 0.25) is 5.02 Å². The number of allylic oxidation sites excluding steroid dienone is 2. The highest BCUT2D eigenvalue weighted by atomic mass is 35.5. The smallest absolute Gasteiger partial charge is 0.335 e. The van der Waals surface area contributed by atoms with Crippen LogP contribution in [0.5, 0.6) is 0 Å². The van der Waals surface area contributed by atoms with E-state index in [1.807, 2.05) is 0 Å². The lowest BCUT2D eigenvalue weighted by Crippen LogP contribution is -2.54. The maximum atomic E-state index is 12.5.